The van der Waals surface area contributed by atoms with Crippen molar-refractivity contribution in [2.24, 2.45) is 0 Å². The van der Waals surface area contributed by atoms with Gasteiger partial charge in [-0.05, 0) is 24.6 Å². The van der Waals surface area contributed by atoms with E-state index in [9.17, 15) is 4.79 Å². The standard InChI is InChI=1S/C15H17N3O2S/c1-11-17-13(10-21-11)8-15(19)18-6-7-20-14(9-18)12-2-4-16-5-3-12/h2-5,10,14H,6-9H2,1H3. The predicted molar refractivity (Wildman–Crippen MR) is 80.1 cm³/mol. The van der Waals surface area contributed by atoms with Gasteiger partial charge in [-0.1, -0.05) is 0 Å². The molecular formula is C15H17N3O2S. The molecule has 110 valence electrons. The van der Waals surface area contributed by atoms with Gasteiger partial charge in [0, 0.05) is 24.3 Å². The van der Waals surface area contributed by atoms with Gasteiger partial charge in [0.05, 0.1) is 30.3 Å². The molecule has 0 aromatic carbocycles. The van der Waals surface area contributed by atoms with Crippen molar-refractivity contribution in [2.75, 3.05) is 19.7 Å². The average molecular weight is 303 g/mol. The van der Waals surface area contributed by atoms with E-state index < -0.39 is 0 Å². The Balaban J connectivity index is 1.64. The van der Waals surface area contributed by atoms with Crippen LogP contribution in [0.5, 0.6) is 0 Å². The number of carbonyl (C=O) groups is 1. The Kier molecular flexibility index (Phi) is 4.26. The van der Waals surface area contributed by atoms with E-state index in [1.54, 1.807) is 23.7 Å². The molecule has 1 aliphatic rings. The van der Waals surface area contributed by atoms with Gasteiger partial charge in [-0.25, -0.2) is 4.98 Å². The number of aryl methyl sites for hydroxylation is 1. The SMILES string of the molecule is Cc1nc(CC(=O)N2CCOC(c3ccncc3)C2)cs1. The van der Waals surface area contributed by atoms with E-state index >= 15 is 0 Å². The van der Waals surface area contributed by atoms with Crippen molar-refractivity contribution in [2.45, 2.75) is 19.4 Å². The zero-order valence-corrected chi connectivity index (χ0v) is 12.7. The first-order chi connectivity index (χ1) is 10.2. The van der Waals surface area contributed by atoms with Crippen LogP contribution in [0.4, 0.5) is 0 Å². The van der Waals surface area contributed by atoms with Crippen molar-refractivity contribution >= 4 is 17.2 Å². The molecule has 0 spiro atoms. The Morgan fingerprint density at radius 1 is 1.48 bits per heavy atom. The van der Waals surface area contributed by atoms with Crippen LogP contribution >= 0.6 is 11.3 Å². The molecule has 0 aliphatic carbocycles. The number of hydrogen-bond donors (Lipinski definition) is 0. The number of morpholine rings is 1. The van der Waals surface area contributed by atoms with Gasteiger partial charge in [-0.15, -0.1) is 11.3 Å². The lowest BCUT2D eigenvalue weighted by atomic mass is 10.1. The van der Waals surface area contributed by atoms with Crippen LogP contribution in [0.15, 0.2) is 29.9 Å². The second kappa shape index (κ2) is 6.32. The number of pyridine rings is 1. The Morgan fingerprint density at radius 3 is 3.00 bits per heavy atom. The summed E-state index contributed by atoms with van der Waals surface area (Å²) in [5.41, 5.74) is 1.92. The molecule has 21 heavy (non-hydrogen) atoms. The first-order valence-electron chi connectivity index (χ1n) is 6.92. The summed E-state index contributed by atoms with van der Waals surface area (Å²) >= 11 is 1.58. The number of carbonyl (C=O) groups excluding carboxylic acids is 1. The summed E-state index contributed by atoms with van der Waals surface area (Å²) in [6, 6.07) is 3.87. The minimum Gasteiger partial charge on any atom is -0.370 e. The second-order valence-corrected chi connectivity index (χ2v) is 6.08. The molecule has 0 bridgehead atoms. The molecule has 0 saturated carbocycles. The van der Waals surface area contributed by atoms with Crippen LogP contribution in [0.3, 0.4) is 0 Å². The monoisotopic (exact) mass is 303 g/mol. The van der Waals surface area contributed by atoms with Crippen LogP contribution in [0.25, 0.3) is 0 Å². The van der Waals surface area contributed by atoms with Crippen LogP contribution in [0, 0.1) is 6.92 Å². The summed E-state index contributed by atoms with van der Waals surface area (Å²) in [7, 11) is 0. The molecule has 6 heteroatoms. The van der Waals surface area contributed by atoms with Crippen LogP contribution < -0.4 is 0 Å². The Morgan fingerprint density at radius 2 is 2.29 bits per heavy atom. The van der Waals surface area contributed by atoms with E-state index in [0.29, 0.717) is 26.1 Å². The van der Waals surface area contributed by atoms with Crippen molar-refractivity contribution in [3.63, 3.8) is 0 Å². The zero-order valence-electron chi connectivity index (χ0n) is 11.9. The summed E-state index contributed by atoms with van der Waals surface area (Å²) < 4.78 is 5.76. The largest absolute Gasteiger partial charge is 0.370 e. The maximum atomic E-state index is 12.4. The van der Waals surface area contributed by atoms with E-state index in [4.69, 9.17) is 4.74 Å². The maximum absolute atomic E-state index is 12.4. The molecule has 1 fully saturated rings. The predicted octanol–water partition coefficient (Wildman–Crippen LogP) is 1.99. The molecule has 5 nitrogen and oxygen atoms in total. The van der Waals surface area contributed by atoms with Gasteiger partial charge in [0.25, 0.3) is 0 Å². The number of hydrogen-bond acceptors (Lipinski definition) is 5. The average Bonchev–Trinajstić information content (AvgIpc) is 2.93. The lowest BCUT2D eigenvalue weighted by molar-refractivity contribution is -0.138. The summed E-state index contributed by atoms with van der Waals surface area (Å²) in [4.78, 5) is 22.6. The molecule has 1 aliphatic heterocycles. The molecule has 0 radical (unpaired) electrons. The van der Waals surface area contributed by atoms with Crippen molar-refractivity contribution in [1.82, 2.24) is 14.9 Å². The summed E-state index contributed by atoms with van der Waals surface area (Å²) in [6.07, 6.45) is 3.80. The van der Waals surface area contributed by atoms with Gasteiger partial charge in [-0.2, -0.15) is 0 Å². The van der Waals surface area contributed by atoms with Crippen molar-refractivity contribution in [3.05, 3.63) is 46.2 Å². The van der Waals surface area contributed by atoms with Crippen LogP contribution in [-0.4, -0.2) is 40.5 Å². The number of aromatic nitrogens is 2. The van der Waals surface area contributed by atoms with E-state index in [2.05, 4.69) is 9.97 Å². The van der Waals surface area contributed by atoms with Gasteiger partial charge in [0.15, 0.2) is 0 Å². The number of thiazole rings is 1. The number of nitrogens with zero attached hydrogens (tertiary/aromatic N) is 3. The topological polar surface area (TPSA) is 55.3 Å². The fourth-order valence-electron chi connectivity index (χ4n) is 2.41. The fraction of sp³-hybridized carbons (Fsp3) is 0.400. The van der Waals surface area contributed by atoms with E-state index in [0.717, 1.165) is 16.3 Å². The van der Waals surface area contributed by atoms with Crippen LogP contribution in [0.2, 0.25) is 0 Å². The number of ether oxygens (including phenoxy) is 1. The van der Waals surface area contributed by atoms with Gasteiger partial charge >= 0.3 is 0 Å². The van der Waals surface area contributed by atoms with Gasteiger partial charge < -0.3 is 9.64 Å². The third kappa shape index (κ3) is 3.46. The second-order valence-electron chi connectivity index (χ2n) is 5.01. The third-order valence-corrected chi connectivity index (χ3v) is 4.32. The number of rotatable bonds is 3. The molecule has 1 unspecified atom stereocenters. The van der Waals surface area contributed by atoms with Gasteiger partial charge in [0.1, 0.15) is 6.10 Å². The van der Waals surface area contributed by atoms with E-state index in [-0.39, 0.29) is 12.0 Å². The van der Waals surface area contributed by atoms with Crippen molar-refractivity contribution in [1.29, 1.82) is 0 Å². The maximum Gasteiger partial charge on any atom is 0.228 e. The van der Waals surface area contributed by atoms with Gasteiger partial charge in [-0.3, -0.25) is 9.78 Å². The van der Waals surface area contributed by atoms with E-state index in [1.165, 1.54) is 0 Å². The number of amides is 1. The molecule has 1 amide bonds. The Labute approximate surface area is 127 Å². The van der Waals surface area contributed by atoms with Gasteiger partial charge in [0.2, 0.25) is 5.91 Å². The lowest BCUT2D eigenvalue weighted by Gasteiger charge is -2.33. The highest BCUT2D eigenvalue weighted by atomic mass is 32.1. The third-order valence-electron chi connectivity index (χ3n) is 3.50. The van der Waals surface area contributed by atoms with Crippen LogP contribution in [-0.2, 0) is 16.0 Å². The lowest BCUT2D eigenvalue weighted by Crippen LogP contribution is -2.43. The Hall–Kier alpha value is -1.79. The summed E-state index contributed by atoms with van der Waals surface area (Å²) in [5, 5.41) is 2.95. The summed E-state index contributed by atoms with van der Waals surface area (Å²) in [6.45, 7) is 3.75. The van der Waals surface area contributed by atoms with Crippen molar-refractivity contribution in [3.8, 4) is 0 Å². The van der Waals surface area contributed by atoms with Crippen LogP contribution in [0.1, 0.15) is 22.4 Å². The first kappa shape index (κ1) is 14.2. The normalized spacial score (nSPS) is 18.7. The molecule has 1 saturated heterocycles. The minimum absolute atomic E-state index is 0.0668. The Bertz CT molecular complexity index is 614. The van der Waals surface area contributed by atoms with Crippen molar-refractivity contribution < 1.29 is 9.53 Å². The molecular weight excluding hydrogens is 286 g/mol. The molecule has 3 rings (SSSR count). The zero-order chi connectivity index (χ0) is 14.7. The molecule has 1 atom stereocenters. The molecule has 3 heterocycles. The highest BCUT2D eigenvalue weighted by Gasteiger charge is 2.25. The summed E-state index contributed by atoms with van der Waals surface area (Å²) in [5.74, 6) is 0.114. The molecule has 2 aromatic rings. The van der Waals surface area contributed by atoms with E-state index in [1.807, 2.05) is 29.3 Å². The molecule has 2 aromatic heterocycles. The smallest absolute Gasteiger partial charge is 0.228 e. The molecule has 0 N–H and O–H groups in total. The first-order valence-corrected chi connectivity index (χ1v) is 7.80. The minimum atomic E-state index is -0.0668. The fourth-order valence-corrected chi connectivity index (χ4v) is 3.02. The highest BCUT2D eigenvalue weighted by molar-refractivity contribution is 7.09. The quantitative estimate of drug-likeness (QED) is 0.870. The highest BCUT2D eigenvalue weighted by Crippen LogP contribution is 2.22.